The van der Waals surface area contributed by atoms with Crippen molar-refractivity contribution in [1.82, 2.24) is 0 Å². The molecular formula is C10H17ClO2. The molecule has 0 atom stereocenters. The summed E-state index contributed by atoms with van der Waals surface area (Å²) in [6.45, 7) is 1.97. The van der Waals surface area contributed by atoms with Gasteiger partial charge in [-0.05, 0) is 25.7 Å². The molecule has 0 aromatic heterocycles. The lowest BCUT2D eigenvalue weighted by Crippen LogP contribution is -1.99. The lowest BCUT2D eigenvalue weighted by molar-refractivity contribution is -0.141. The van der Waals surface area contributed by atoms with E-state index in [0.29, 0.717) is 12.5 Å². The summed E-state index contributed by atoms with van der Waals surface area (Å²) in [5, 5.41) is 0. The first kappa shape index (κ1) is 12.5. The third-order valence-corrected chi connectivity index (χ3v) is 1.73. The van der Waals surface area contributed by atoms with Crippen molar-refractivity contribution in [3.63, 3.8) is 0 Å². The van der Waals surface area contributed by atoms with Crippen LogP contribution in [0.5, 0.6) is 0 Å². The van der Waals surface area contributed by atoms with Crippen LogP contribution in [0.1, 0.15) is 32.6 Å². The molecule has 0 fully saturated rings. The summed E-state index contributed by atoms with van der Waals surface area (Å²) in [6.07, 6.45) is 8.18. The molecule has 0 aliphatic rings. The van der Waals surface area contributed by atoms with Gasteiger partial charge in [0.2, 0.25) is 0 Å². The summed E-state index contributed by atoms with van der Waals surface area (Å²) in [5.41, 5.74) is 0. The zero-order valence-corrected chi connectivity index (χ0v) is 8.85. The van der Waals surface area contributed by atoms with Gasteiger partial charge >= 0.3 is 5.97 Å². The first-order valence-corrected chi connectivity index (χ1v) is 5.15. The summed E-state index contributed by atoms with van der Waals surface area (Å²) in [6, 6.07) is 0. The second-order valence-electron chi connectivity index (χ2n) is 2.78. The second-order valence-corrected chi connectivity index (χ2v) is 3.16. The average molecular weight is 205 g/mol. The molecule has 0 aliphatic carbocycles. The Hall–Kier alpha value is -0.500. The van der Waals surface area contributed by atoms with Gasteiger partial charge in [0, 0.05) is 12.8 Å². The summed E-state index contributed by atoms with van der Waals surface area (Å²) in [4.78, 5) is 10.4. The highest BCUT2D eigenvalue weighted by Gasteiger charge is 1.91. The van der Waals surface area contributed by atoms with Crippen LogP contribution in [-0.2, 0) is 9.53 Å². The molecule has 0 bridgehead atoms. The monoisotopic (exact) mass is 204 g/mol. The van der Waals surface area contributed by atoms with Crippen molar-refractivity contribution in [2.24, 2.45) is 0 Å². The quantitative estimate of drug-likeness (QED) is 0.276. The molecule has 0 aliphatic heterocycles. The Balaban J connectivity index is 3.03. The maximum Gasteiger partial charge on any atom is 0.302 e. The van der Waals surface area contributed by atoms with Crippen LogP contribution in [0.3, 0.4) is 0 Å². The summed E-state index contributed by atoms with van der Waals surface area (Å²) in [7, 11) is 0. The molecule has 0 radical (unpaired) electrons. The van der Waals surface area contributed by atoms with E-state index in [1.165, 1.54) is 6.92 Å². The topological polar surface area (TPSA) is 26.3 Å². The van der Waals surface area contributed by atoms with Gasteiger partial charge in [0.1, 0.15) is 0 Å². The van der Waals surface area contributed by atoms with Crippen molar-refractivity contribution < 1.29 is 9.53 Å². The highest BCUT2D eigenvalue weighted by atomic mass is 35.5. The zero-order chi connectivity index (χ0) is 9.94. The van der Waals surface area contributed by atoms with Gasteiger partial charge < -0.3 is 4.74 Å². The molecule has 0 spiro atoms. The van der Waals surface area contributed by atoms with E-state index >= 15 is 0 Å². The van der Waals surface area contributed by atoms with Gasteiger partial charge in [-0.25, -0.2) is 0 Å². The fourth-order valence-electron chi connectivity index (χ4n) is 0.879. The molecule has 0 amide bonds. The van der Waals surface area contributed by atoms with Crippen LogP contribution in [0.15, 0.2) is 12.2 Å². The molecule has 76 valence electrons. The minimum absolute atomic E-state index is 0.197. The predicted molar refractivity (Wildman–Crippen MR) is 55.0 cm³/mol. The van der Waals surface area contributed by atoms with Gasteiger partial charge in [-0.3, -0.25) is 4.79 Å². The van der Waals surface area contributed by atoms with E-state index in [0.717, 1.165) is 25.7 Å². The molecule has 0 rings (SSSR count). The SMILES string of the molecule is CC(=O)OCCCC/C=C/CCCl. The van der Waals surface area contributed by atoms with Crippen LogP contribution in [0.2, 0.25) is 0 Å². The van der Waals surface area contributed by atoms with Crippen LogP contribution < -0.4 is 0 Å². The second kappa shape index (κ2) is 9.59. The molecule has 0 heterocycles. The van der Waals surface area contributed by atoms with Gasteiger partial charge in [0.15, 0.2) is 0 Å². The van der Waals surface area contributed by atoms with E-state index in [1.54, 1.807) is 0 Å². The fraction of sp³-hybridized carbons (Fsp3) is 0.700. The van der Waals surface area contributed by atoms with Crippen LogP contribution in [0, 0.1) is 0 Å². The standard InChI is InChI=1S/C10H17ClO2/c1-10(12)13-9-7-5-3-2-4-6-8-11/h2,4H,3,5-9H2,1H3/b4-2+. The first-order chi connectivity index (χ1) is 6.27. The molecule has 0 aromatic rings. The van der Waals surface area contributed by atoms with Crippen molar-refractivity contribution >= 4 is 17.6 Å². The van der Waals surface area contributed by atoms with Crippen molar-refractivity contribution in [3.8, 4) is 0 Å². The van der Waals surface area contributed by atoms with Crippen LogP contribution in [-0.4, -0.2) is 18.5 Å². The highest BCUT2D eigenvalue weighted by Crippen LogP contribution is 1.98. The third kappa shape index (κ3) is 11.5. The van der Waals surface area contributed by atoms with E-state index < -0.39 is 0 Å². The van der Waals surface area contributed by atoms with Gasteiger partial charge in [-0.2, -0.15) is 0 Å². The number of halogens is 1. The number of alkyl halides is 1. The Bertz CT molecular complexity index is 155. The van der Waals surface area contributed by atoms with E-state index in [9.17, 15) is 4.79 Å². The molecular weight excluding hydrogens is 188 g/mol. The maximum atomic E-state index is 10.4. The molecule has 13 heavy (non-hydrogen) atoms. The normalized spacial score (nSPS) is 10.6. The van der Waals surface area contributed by atoms with Crippen LogP contribution >= 0.6 is 11.6 Å². The summed E-state index contributed by atoms with van der Waals surface area (Å²) in [5.74, 6) is 0.488. The number of hydrogen-bond donors (Lipinski definition) is 0. The Labute approximate surface area is 84.9 Å². The number of carbonyl (C=O) groups is 1. The van der Waals surface area contributed by atoms with Crippen molar-refractivity contribution in [1.29, 1.82) is 0 Å². The smallest absolute Gasteiger partial charge is 0.302 e. The number of unbranched alkanes of at least 4 members (excludes halogenated alkanes) is 2. The van der Waals surface area contributed by atoms with Gasteiger partial charge in [0.25, 0.3) is 0 Å². The Morgan fingerprint density at radius 1 is 1.31 bits per heavy atom. The minimum atomic E-state index is -0.197. The molecule has 0 saturated carbocycles. The first-order valence-electron chi connectivity index (χ1n) is 4.61. The predicted octanol–water partition coefficient (Wildman–Crippen LogP) is 2.90. The zero-order valence-electron chi connectivity index (χ0n) is 8.09. The van der Waals surface area contributed by atoms with Crippen molar-refractivity contribution in [2.45, 2.75) is 32.6 Å². The highest BCUT2D eigenvalue weighted by molar-refractivity contribution is 6.17. The molecule has 0 aromatic carbocycles. The Morgan fingerprint density at radius 2 is 2.00 bits per heavy atom. The number of ether oxygens (including phenoxy) is 1. The molecule has 0 saturated heterocycles. The van der Waals surface area contributed by atoms with E-state index in [4.69, 9.17) is 16.3 Å². The number of allylic oxidation sites excluding steroid dienone is 2. The van der Waals surface area contributed by atoms with Crippen LogP contribution in [0.4, 0.5) is 0 Å². The summed E-state index contributed by atoms with van der Waals surface area (Å²) >= 11 is 5.49. The Morgan fingerprint density at radius 3 is 2.62 bits per heavy atom. The van der Waals surface area contributed by atoms with Crippen LogP contribution in [0.25, 0.3) is 0 Å². The van der Waals surface area contributed by atoms with E-state index in [2.05, 4.69) is 12.2 Å². The molecule has 2 nitrogen and oxygen atoms in total. The summed E-state index contributed by atoms with van der Waals surface area (Å²) < 4.78 is 4.79. The average Bonchev–Trinajstić information content (AvgIpc) is 2.09. The number of carbonyl (C=O) groups excluding carboxylic acids is 1. The molecule has 0 N–H and O–H groups in total. The number of rotatable bonds is 7. The maximum absolute atomic E-state index is 10.4. The minimum Gasteiger partial charge on any atom is -0.466 e. The largest absolute Gasteiger partial charge is 0.466 e. The molecule has 0 unspecified atom stereocenters. The van der Waals surface area contributed by atoms with E-state index in [-0.39, 0.29) is 5.97 Å². The van der Waals surface area contributed by atoms with Crippen molar-refractivity contribution in [2.75, 3.05) is 12.5 Å². The third-order valence-electron chi connectivity index (χ3n) is 1.51. The lowest BCUT2D eigenvalue weighted by atomic mass is 10.2. The van der Waals surface area contributed by atoms with Gasteiger partial charge in [-0.1, -0.05) is 12.2 Å². The fourth-order valence-corrected chi connectivity index (χ4v) is 1.00. The van der Waals surface area contributed by atoms with Gasteiger partial charge in [0.05, 0.1) is 6.61 Å². The number of hydrogen-bond acceptors (Lipinski definition) is 2. The lowest BCUT2D eigenvalue weighted by Gasteiger charge is -1.99. The van der Waals surface area contributed by atoms with Crippen molar-refractivity contribution in [3.05, 3.63) is 12.2 Å². The van der Waals surface area contributed by atoms with Gasteiger partial charge in [-0.15, -0.1) is 11.6 Å². The molecule has 3 heteroatoms. The number of esters is 1. The Kier molecular flexibility index (Phi) is 9.22. The van der Waals surface area contributed by atoms with E-state index in [1.807, 2.05) is 0 Å².